The van der Waals surface area contributed by atoms with Crippen LogP contribution in [0, 0.1) is 0 Å². The third-order valence-corrected chi connectivity index (χ3v) is 21.0. The summed E-state index contributed by atoms with van der Waals surface area (Å²) in [4.78, 5) is 7.97. The van der Waals surface area contributed by atoms with E-state index in [1.807, 2.05) is 22.7 Å². The highest BCUT2D eigenvalue weighted by molar-refractivity contribution is 7.33. The predicted octanol–water partition coefficient (Wildman–Crippen LogP) is 21.4. The van der Waals surface area contributed by atoms with Gasteiger partial charge in [-0.25, -0.2) is 0 Å². The second-order valence-corrected chi connectivity index (χ2v) is 30.2. The second kappa shape index (κ2) is 18.6. The molecule has 3 aliphatic rings. The van der Waals surface area contributed by atoms with E-state index in [1.165, 1.54) is 125 Å². The van der Waals surface area contributed by atoms with Gasteiger partial charge in [-0.1, -0.05) is 193 Å². The number of benzene rings is 9. The molecule has 3 nitrogen and oxygen atoms in total. The summed E-state index contributed by atoms with van der Waals surface area (Å²) in [6, 6.07) is 73.0. The zero-order valence-electron chi connectivity index (χ0n) is 50.0. The molecular formula is C76H74BN3S2. The van der Waals surface area contributed by atoms with Gasteiger partial charge in [-0.2, -0.15) is 0 Å². The van der Waals surface area contributed by atoms with E-state index in [4.69, 9.17) is 0 Å². The Morgan fingerprint density at radius 3 is 1.63 bits per heavy atom. The molecule has 6 heteroatoms. The summed E-state index contributed by atoms with van der Waals surface area (Å²) in [5, 5.41) is 3.87. The van der Waals surface area contributed by atoms with Gasteiger partial charge in [-0.15, -0.1) is 22.7 Å². The summed E-state index contributed by atoms with van der Waals surface area (Å²) in [5.74, 6) is 0. The molecule has 408 valence electrons. The number of fused-ring (bicyclic) bond motifs is 11. The molecule has 82 heavy (non-hydrogen) atoms. The fraction of sp³-hybridized carbons (Fsp3) is 0.263. The summed E-state index contributed by atoms with van der Waals surface area (Å²) in [6.07, 6.45) is 2.32. The predicted molar refractivity (Wildman–Crippen MR) is 360 cm³/mol. The molecule has 0 N–H and O–H groups in total. The Bertz CT molecular complexity index is 4290. The summed E-state index contributed by atoms with van der Waals surface area (Å²) in [5.41, 5.74) is 22.9. The second-order valence-electron chi connectivity index (χ2n) is 28.1. The summed E-state index contributed by atoms with van der Waals surface area (Å²) < 4.78 is 5.30. The first-order chi connectivity index (χ1) is 39.0. The van der Waals surface area contributed by atoms with Crippen molar-refractivity contribution in [2.45, 2.75) is 130 Å². The van der Waals surface area contributed by atoms with Gasteiger partial charge in [-0.05, 0) is 164 Å². The molecule has 0 spiro atoms. The molecule has 0 radical (unpaired) electrons. The molecule has 0 fully saturated rings. The molecule has 0 bridgehead atoms. The van der Waals surface area contributed by atoms with Crippen molar-refractivity contribution < 1.29 is 0 Å². The van der Waals surface area contributed by atoms with E-state index in [-0.39, 0.29) is 33.9 Å². The SMILES string of the molecule is CC(C)(C)c1ccc(N(c2ccc(C(C)(C)C)cc2)c2ccc3c(c2)-c2c4c(cc5c2sc2ccccc25)N(c2ccc(C(C)(C)C)cc2-c2ccccc2)c2c(sc5ccccc25)B4N3c2ccc3c(c2)C(C)(C)CCC3(C)C)cc1. The van der Waals surface area contributed by atoms with Crippen molar-refractivity contribution in [1.82, 2.24) is 0 Å². The van der Waals surface area contributed by atoms with Gasteiger partial charge >= 0.3 is 6.85 Å². The van der Waals surface area contributed by atoms with E-state index < -0.39 is 0 Å². The fourth-order valence-electron chi connectivity index (χ4n) is 13.7. The number of hydrogen-bond donors (Lipinski definition) is 0. The van der Waals surface area contributed by atoms with Crippen molar-refractivity contribution in [1.29, 1.82) is 0 Å². The lowest BCUT2D eigenvalue weighted by Gasteiger charge is -2.46. The van der Waals surface area contributed by atoms with Crippen LogP contribution in [0.3, 0.4) is 0 Å². The standard InChI is InChI=1S/C76H74BN3S2/c1-72(2,3)48-27-32-51(33-28-48)78(52-34-29-49(30-35-52)73(4,5)6)53-37-40-63-59(44-53)67-68-64(46-58-55-23-17-19-25-65(55)81-70(58)67)79(62-39-31-50(74(7,8)9)43-57(62)47-21-15-14-16-22-47)69-56-24-18-20-26-66(56)82-71(69)77(68)80(63)54-36-38-60-61(45-54)76(12,13)42-41-75(60,10)11/h14-40,43-46H,41-42H2,1-13H3. The van der Waals surface area contributed by atoms with Crippen LogP contribution in [0.25, 0.3) is 52.5 Å². The van der Waals surface area contributed by atoms with Crippen LogP contribution in [0.15, 0.2) is 188 Å². The summed E-state index contributed by atoms with van der Waals surface area (Å²) >= 11 is 3.93. The Kier molecular flexibility index (Phi) is 11.9. The molecule has 0 saturated carbocycles. The monoisotopic (exact) mass is 1100 g/mol. The molecule has 2 aromatic heterocycles. The van der Waals surface area contributed by atoms with Crippen LogP contribution in [0.5, 0.6) is 0 Å². The zero-order chi connectivity index (χ0) is 57.0. The molecule has 9 aromatic carbocycles. The number of thiophene rings is 2. The average Bonchev–Trinajstić information content (AvgIpc) is 4.01. The van der Waals surface area contributed by atoms with Crippen molar-refractivity contribution in [2.24, 2.45) is 0 Å². The lowest BCUT2D eigenvalue weighted by Crippen LogP contribution is -2.60. The average molecular weight is 1100 g/mol. The van der Waals surface area contributed by atoms with Gasteiger partial charge in [0.1, 0.15) is 0 Å². The lowest BCUT2D eigenvalue weighted by atomic mass is 9.46. The highest BCUT2D eigenvalue weighted by atomic mass is 32.1. The van der Waals surface area contributed by atoms with Crippen molar-refractivity contribution in [3.05, 3.63) is 216 Å². The first kappa shape index (κ1) is 52.7. The van der Waals surface area contributed by atoms with Gasteiger partial charge in [0.25, 0.3) is 0 Å². The smallest absolute Gasteiger partial charge is 0.343 e. The maximum Gasteiger partial charge on any atom is 0.343 e. The van der Waals surface area contributed by atoms with Gasteiger partial charge in [0.15, 0.2) is 0 Å². The molecular weight excluding hydrogens is 1030 g/mol. The number of rotatable bonds is 6. The quantitative estimate of drug-likeness (QED) is 0.154. The zero-order valence-corrected chi connectivity index (χ0v) is 51.7. The molecule has 0 amide bonds. The van der Waals surface area contributed by atoms with Crippen LogP contribution >= 0.6 is 22.7 Å². The lowest BCUT2D eigenvalue weighted by molar-refractivity contribution is 0.332. The van der Waals surface area contributed by atoms with Crippen molar-refractivity contribution in [3.63, 3.8) is 0 Å². The molecule has 11 aromatic rings. The van der Waals surface area contributed by atoms with E-state index in [0.29, 0.717) is 0 Å². The van der Waals surface area contributed by atoms with Crippen LogP contribution in [-0.4, -0.2) is 6.85 Å². The summed E-state index contributed by atoms with van der Waals surface area (Å²) in [7, 11) is 0. The highest BCUT2D eigenvalue weighted by Gasteiger charge is 2.49. The van der Waals surface area contributed by atoms with Crippen molar-refractivity contribution >= 4 is 116 Å². The summed E-state index contributed by atoms with van der Waals surface area (Å²) in [6.45, 7) is 30.6. The topological polar surface area (TPSA) is 9.72 Å². The Morgan fingerprint density at radius 2 is 1.00 bits per heavy atom. The van der Waals surface area contributed by atoms with Crippen LogP contribution in [0.2, 0.25) is 0 Å². The third kappa shape index (κ3) is 8.40. The minimum Gasteiger partial charge on any atom is -0.376 e. The molecule has 4 heterocycles. The number of anilines is 8. The molecule has 1 aliphatic carbocycles. The maximum absolute atomic E-state index is 2.77. The largest absolute Gasteiger partial charge is 0.376 e. The van der Waals surface area contributed by atoms with E-state index in [2.05, 4.69) is 293 Å². The third-order valence-electron chi connectivity index (χ3n) is 18.6. The maximum atomic E-state index is 2.77. The van der Waals surface area contributed by atoms with Gasteiger partial charge in [0.2, 0.25) is 0 Å². The van der Waals surface area contributed by atoms with Crippen LogP contribution in [-0.2, 0) is 27.1 Å². The van der Waals surface area contributed by atoms with E-state index in [1.54, 1.807) is 0 Å². The van der Waals surface area contributed by atoms with Gasteiger partial charge < -0.3 is 14.6 Å². The number of nitrogens with zero attached hydrogens (tertiary/aromatic N) is 3. The first-order valence-electron chi connectivity index (χ1n) is 29.6. The van der Waals surface area contributed by atoms with Crippen LogP contribution in [0.1, 0.15) is 131 Å². The Hall–Kier alpha value is -7.38. The van der Waals surface area contributed by atoms with Crippen molar-refractivity contribution in [3.8, 4) is 22.3 Å². The first-order valence-corrected chi connectivity index (χ1v) is 31.3. The van der Waals surface area contributed by atoms with E-state index in [0.717, 1.165) is 23.5 Å². The van der Waals surface area contributed by atoms with Gasteiger partial charge in [0, 0.05) is 85.8 Å². The van der Waals surface area contributed by atoms with Crippen LogP contribution in [0.4, 0.5) is 45.5 Å². The Labute approximate surface area is 495 Å². The Morgan fingerprint density at radius 1 is 0.451 bits per heavy atom. The van der Waals surface area contributed by atoms with Gasteiger partial charge in [-0.3, -0.25) is 0 Å². The minimum absolute atomic E-state index is 0.0143. The Balaban J connectivity index is 1.12. The van der Waals surface area contributed by atoms with E-state index >= 15 is 0 Å². The highest BCUT2D eigenvalue weighted by Crippen LogP contribution is 2.57. The van der Waals surface area contributed by atoms with Gasteiger partial charge in [0.05, 0.1) is 11.4 Å². The van der Waals surface area contributed by atoms with Crippen molar-refractivity contribution in [2.75, 3.05) is 14.6 Å². The molecule has 14 rings (SSSR count). The molecule has 0 saturated heterocycles. The van der Waals surface area contributed by atoms with Crippen LogP contribution < -0.4 is 24.9 Å². The molecule has 0 unspecified atom stereocenters. The fourth-order valence-corrected chi connectivity index (χ4v) is 16.3. The normalized spacial score (nSPS) is 15.4. The molecule has 0 atom stereocenters. The number of hydrogen-bond acceptors (Lipinski definition) is 5. The van der Waals surface area contributed by atoms with E-state index in [9.17, 15) is 0 Å². The minimum atomic E-state index is -0.139. The molecule has 2 aliphatic heterocycles.